The Labute approximate surface area is 131 Å². The Morgan fingerprint density at radius 1 is 1.26 bits per heavy atom. The number of hydrogen-bond acceptors (Lipinski definition) is 7. The maximum atomic E-state index is 10.7. The van der Waals surface area contributed by atoms with Crippen LogP contribution in [0.4, 0.5) is 5.69 Å². The van der Waals surface area contributed by atoms with Crippen molar-refractivity contribution < 1.29 is 10.1 Å². The molecule has 1 aliphatic carbocycles. The lowest BCUT2D eigenvalue weighted by atomic mass is 9.95. The van der Waals surface area contributed by atoms with Gasteiger partial charge in [-0.2, -0.15) is 0 Å². The summed E-state index contributed by atoms with van der Waals surface area (Å²) in [5.41, 5.74) is 0.693. The van der Waals surface area contributed by atoms with Gasteiger partial charge in [-0.3, -0.25) is 10.1 Å². The molecule has 9 nitrogen and oxygen atoms in total. The molecule has 0 saturated heterocycles. The Bertz CT molecular complexity index is 718. The van der Waals surface area contributed by atoms with Gasteiger partial charge < -0.3 is 5.21 Å². The lowest BCUT2D eigenvalue weighted by molar-refractivity contribution is -0.384. The summed E-state index contributed by atoms with van der Waals surface area (Å²) in [5.74, 6) is 0.369. The molecule has 0 atom stereocenters. The van der Waals surface area contributed by atoms with Crippen molar-refractivity contribution in [3.63, 3.8) is 0 Å². The summed E-state index contributed by atoms with van der Waals surface area (Å²) in [5, 5.41) is 35.2. The summed E-state index contributed by atoms with van der Waals surface area (Å²) in [6.07, 6.45) is 5.41. The van der Waals surface area contributed by atoms with Crippen molar-refractivity contribution in [1.82, 2.24) is 20.2 Å². The average molecular weight is 316 g/mol. The van der Waals surface area contributed by atoms with Gasteiger partial charge in [0.1, 0.15) is 0 Å². The van der Waals surface area contributed by atoms with E-state index in [2.05, 4.69) is 20.7 Å². The molecule has 3 rings (SSSR count). The molecule has 9 heteroatoms. The smallest absolute Gasteiger partial charge is 0.269 e. The van der Waals surface area contributed by atoms with Crippen molar-refractivity contribution in [2.75, 3.05) is 0 Å². The van der Waals surface area contributed by atoms with E-state index in [0.29, 0.717) is 11.4 Å². The van der Waals surface area contributed by atoms with E-state index < -0.39 is 4.92 Å². The van der Waals surface area contributed by atoms with E-state index in [-0.39, 0.29) is 17.4 Å². The van der Waals surface area contributed by atoms with Gasteiger partial charge in [0.05, 0.1) is 11.0 Å². The van der Waals surface area contributed by atoms with Gasteiger partial charge in [0.25, 0.3) is 5.69 Å². The highest BCUT2D eigenvalue weighted by Crippen LogP contribution is 2.28. The summed E-state index contributed by atoms with van der Waals surface area (Å²) in [7, 11) is 0. The molecule has 1 fully saturated rings. The zero-order valence-electron chi connectivity index (χ0n) is 12.4. The molecule has 1 N–H and O–H groups in total. The number of oxime groups is 1. The Hall–Kier alpha value is -2.84. The standard InChI is InChI=1S/C14H16N6O3/c21-16-13(10-6-8-12(9-7-10)20(22)23)14-15-17-18-19(14)11-4-2-1-3-5-11/h6-9,11,21H,1-5H2/b16-13-. The quantitative estimate of drug-likeness (QED) is 0.400. The van der Waals surface area contributed by atoms with Crippen molar-refractivity contribution in [1.29, 1.82) is 0 Å². The molecular formula is C14H16N6O3. The molecule has 0 amide bonds. The zero-order valence-corrected chi connectivity index (χ0v) is 12.4. The van der Waals surface area contributed by atoms with Gasteiger partial charge in [0.15, 0.2) is 5.71 Å². The van der Waals surface area contributed by atoms with Gasteiger partial charge in [-0.1, -0.05) is 24.4 Å². The molecule has 1 aromatic carbocycles. The SMILES string of the molecule is O=[N+]([O-])c1ccc(/C(=N/O)c2nnnn2C2CCCCC2)cc1. The van der Waals surface area contributed by atoms with Crippen LogP contribution in [0.3, 0.4) is 0 Å². The Morgan fingerprint density at radius 3 is 2.57 bits per heavy atom. The van der Waals surface area contributed by atoms with Crippen LogP contribution in [0.15, 0.2) is 29.4 Å². The highest BCUT2D eigenvalue weighted by molar-refractivity contribution is 6.10. The summed E-state index contributed by atoms with van der Waals surface area (Å²) in [6, 6.07) is 5.94. The van der Waals surface area contributed by atoms with Crippen LogP contribution >= 0.6 is 0 Å². The molecule has 2 aromatic rings. The maximum Gasteiger partial charge on any atom is 0.269 e. The summed E-state index contributed by atoms with van der Waals surface area (Å²) >= 11 is 0. The fourth-order valence-electron chi connectivity index (χ4n) is 2.89. The molecule has 1 saturated carbocycles. The van der Waals surface area contributed by atoms with Gasteiger partial charge >= 0.3 is 0 Å². The fraction of sp³-hybridized carbons (Fsp3) is 0.429. The van der Waals surface area contributed by atoms with Gasteiger partial charge in [-0.05, 0) is 35.4 Å². The van der Waals surface area contributed by atoms with E-state index >= 15 is 0 Å². The third-order valence-corrected chi connectivity index (χ3v) is 4.08. The summed E-state index contributed by atoms with van der Waals surface area (Å²) in [4.78, 5) is 10.2. The van der Waals surface area contributed by atoms with E-state index in [9.17, 15) is 15.3 Å². The Morgan fingerprint density at radius 2 is 1.96 bits per heavy atom. The first-order valence-corrected chi connectivity index (χ1v) is 7.46. The molecule has 0 unspecified atom stereocenters. The zero-order chi connectivity index (χ0) is 16.2. The molecule has 1 heterocycles. The average Bonchev–Trinajstić information content (AvgIpc) is 3.06. The third-order valence-electron chi connectivity index (χ3n) is 4.08. The number of tetrazole rings is 1. The predicted octanol–water partition coefficient (Wildman–Crippen LogP) is 2.31. The van der Waals surface area contributed by atoms with Crippen LogP contribution in [-0.2, 0) is 0 Å². The molecule has 0 radical (unpaired) electrons. The molecule has 0 aliphatic heterocycles. The molecule has 1 aliphatic rings. The van der Waals surface area contributed by atoms with Crippen LogP contribution in [0, 0.1) is 10.1 Å². The highest BCUT2D eigenvalue weighted by Gasteiger charge is 2.24. The third kappa shape index (κ3) is 3.03. The first-order valence-electron chi connectivity index (χ1n) is 7.46. The predicted molar refractivity (Wildman–Crippen MR) is 80.5 cm³/mol. The first kappa shape index (κ1) is 15.1. The van der Waals surface area contributed by atoms with Gasteiger partial charge in [-0.15, -0.1) is 5.10 Å². The van der Waals surface area contributed by atoms with Crippen molar-refractivity contribution in [2.24, 2.45) is 5.16 Å². The summed E-state index contributed by atoms with van der Waals surface area (Å²) < 4.78 is 1.69. The van der Waals surface area contributed by atoms with Crippen LogP contribution in [-0.4, -0.2) is 36.0 Å². The van der Waals surface area contributed by atoms with Crippen LogP contribution < -0.4 is 0 Å². The van der Waals surface area contributed by atoms with E-state index in [4.69, 9.17) is 0 Å². The fourth-order valence-corrected chi connectivity index (χ4v) is 2.89. The number of rotatable bonds is 4. The second kappa shape index (κ2) is 6.51. The van der Waals surface area contributed by atoms with Crippen molar-refractivity contribution in [2.45, 2.75) is 38.1 Å². The normalized spacial score (nSPS) is 16.4. The number of nitro groups is 1. The van der Waals surface area contributed by atoms with E-state index in [1.807, 2.05) is 0 Å². The number of aromatic nitrogens is 4. The number of nitrogens with zero attached hydrogens (tertiary/aromatic N) is 6. The highest BCUT2D eigenvalue weighted by atomic mass is 16.6. The molecule has 0 bridgehead atoms. The second-order valence-corrected chi connectivity index (χ2v) is 5.49. The van der Waals surface area contributed by atoms with Gasteiger partial charge in [0, 0.05) is 17.7 Å². The molecule has 23 heavy (non-hydrogen) atoms. The van der Waals surface area contributed by atoms with Crippen molar-refractivity contribution >= 4 is 11.4 Å². The largest absolute Gasteiger partial charge is 0.410 e. The molecular weight excluding hydrogens is 300 g/mol. The topological polar surface area (TPSA) is 119 Å². The number of non-ortho nitro benzene ring substituents is 1. The molecule has 0 spiro atoms. The van der Waals surface area contributed by atoms with E-state index in [1.165, 1.54) is 30.7 Å². The van der Waals surface area contributed by atoms with Crippen molar-refractivity contribution in [3.05, 3.63) is 45.8 Å². The van der Waals surface area contributed by atoms with Crippen LogP contribution in [0.2, 0.25) is 0 Å². The molecule has 1 aromatic heterocycles. The van der Waals surface area contributed by atoms with Crippen LogP contribution in [0.5, 0.6) is 0 Å². The number of nitro benzene ring substituents is 1. The minimum atomic E-state index is -0.481. The lowest BCUT2D eigenvalue weighted by Crippen LogP contribution is -2.20. The van der Waals surface area contributed by atoms with Crippen LogP contribution in [0.25, 0.3) is 0 Å². The van der Waals surface area contributed by atoms with E-state index in [1.54, 1.807) is 4.68 Å². The Kier molecular flexibility index (Phi) is 4.26. The number of benzene rings is 1. The van der Waals surface area contributed by atoms with Crippen LogP contribution in [0.1, 0.15) is 49.5 Å². The molecule has 120 valence electrons. The second-order valence-electron chi connectivity index (χ2n) is 5.49. The minimum Gasteiger partial charge on any atom is -0.410 e. The monoisotopic (exact) mass is 316 g/mol. The summed E-state index contributed by atoms with van der Waals surface area (Å²) in [6.45, 7) is 0. The maximum absolute atomic E-state index is 10.7. The van der Waals surface area contributed by atoms with Crippen molar-refractivity contribution in [3.8, 4) is 0 Å². The first-order chi connectivity index (χ1) is 11.2. The van der Waals surface area contributed by atoms with Gasteiger partial charge in [0.2, 0.25) is 5.82 Å². The minimum absolute atomic E-state index is 0.0297. The lowest BCUT2D eigenvalue weighted by Gasteiger charge is -2.22. The van der Waals surface area contributed by atoms with E-state index in [0.717, 1.165) is 25.7 Å². The number of hydrogen-bond donors (Lipinski definition) is 1. The Balaban J connectivity index is 1.92. The van der Waals surface area contributed by atoms with Gasteiger partial charge in [-0.25, -0.2) is 4.68 Å².